The van der Waals surface area contributed by atoms with Crippen molar-refractivity contribution in [3.8, 4) is 0 Å². The summed E-state index contributed by atoms with van der Waals surface area (Å²) in [5, 5.41) is 8.98. The van der Waals surface area contributed by atoms with Gasteiger partial charge in [-0.1, -0.05) is 0 Å². The van der Waals surface area contributed by atoms with Crippen LogP contribution in [0.1, 0.15) is 42.7 Å². The van der Waals surface area contributed by atoms with Crippen LogP contribution in [-0.4, -0.2) is 19.6 Å². The van der Waals surface area contributed by atoms with Gasteiger partial charge in [0.15, 0.2) is 0 Å². The van der Waals surface area contributed by atoms with Gasteiger partial charge in [-0.15, -0.1) is 0 Å². The first-order valence-electron chi connectivity index (χ1n) is 6.99. The summed E-state index contributed by atoms with van der Waals surface area (Å²) in [5.74, 6) is 0. The number of nitrogens with two attached hydrogens (primary N) is 1. The second-order valence-corrected chi connectivity index (χ2v) is 5.79. The third-order valence-corrected chi connectivity index (χ3v) is 4.51. The van der Waals surface area contributed by atoms with E-state index in [4.69, 9.17) is 5.73 Å². The molecule has 2 rings (SSSR count). The monoisotopic (exact) mass is 339 g/mol. The van der Waals surface area contributed by atoms with Gasteiger partial charge >= 0.3 is 0 Å². The predicted octanol–water partition coefficient (Wildman–Crippen LogP) is 2.74. The van der Waals surface area contributed by atoms with Crippen molar-refractivity contribution in [3.05, 3.63) is 33.3 Å². The maximum Gasteiger partial charge on any atom is 0.0738 e. The van der Waals surface area contributed by atoms with E-state index in [1.54, 1.807) is 0 Å². The fourth-order valence-electron chi connectivity index (χ4n) is 2.49. The smallest absolute Gasteiger partial charge is 0.0738 e. The maximum atomic E-state index is 6.40. The summed E-state index contributed by atoms with van der Waals surface area (Å²) in [6, 6.07) is 2.00. The Labute approximate surface area is 128 Å². The van der Waals surface area contributed by atoms with Gasteiger partial charge in [-0.3, -0.25) is 9.36 Å². The van der Waals surface area contributed by atoms with Gasteiger partial charge in [-0.05, 0) is 49.7 Å². The lowest BCUT2D eigenvalue weighted by Crippen LogP contribution is -2.20. The van der Waals surface area contributed by atoms with E-state index in [2.05, 4.69) is 46.0 Å². The Morgan fingerprint density at radius 2 is 1.85 bits per heavy atom. The molecule has 0 aliphatic rings. The minimum Gasteiger partial charge on any atom is -0.322 e. The lowest BCUT2D eigenvalue weighted by molar-refractivity contribution is 0.540. The molecule has 110 valence electrons. The van der Waals surface area contributed by atoms with Crippen LogP contribution in [-0.2, 0) is 19.5 Å². The van der Waals surface area contributed by atoms with E-state index in [0.717, 1.165) is 46.8 Å². The third-order valence-electron chi connectivity index (χ3n) is 3.48. The molecule has 0 bridgehead atoms. The van der Waals surface area contributed by atoms with E-state index in [9.17, 15) is 0 Å². The van der Waals surface area contributed by atoms with E-state index in [1.165, 1.54) is 0 Å². The molecule has 0 radical (unpaired) electrons. The molecule has 2 aromatic rings. The summed E-state index contributed by atoms with van der Waals surface area (Å²) in [6.07, 6.45) is 0.750. The molecule has 0 aromatic carbocycles. The first-order chi connectivity index (χ1) is 9.47. The van der Waals surface area contributed by atoms with Crippen LogP contribution >= 0.6 is 15.9 Å². The van der Waals surface area contributed by atoms with Gasteiger partial charge in [0.25, 0.3) is 0 Å². The molecule has 6 heteroatoms. The van der Waals surface area contributed by atoms with Crippen molar-refractivity contribution in [1.82, 2.24) is 19.6 Å². The highest BCUT2D eigenvalue weighted by Crippen LogP contribution is 2.26. The summed E-state index contributed by atoms with van der Waals surface area (Å²) >= 11 is 3.62. The van der Waals surface area contributed by atoms with Crippen LogP contribution < -0.4 is 5.73 Å². The fraction of sp³-hybridized carbons (Fsp3) is 0.571. The number of rotatable bonds is 5. The number of halogens is 1. The molecular weight excluding hydrogens is 318 g/mol. The summed E-state index contributed by atoms with van der Waals surface area (Å²) in [7, 11) is 0. The molecule has 2 N–H and O–H groups in total. The molecule has 1 atom stereocenters. The van der Waals surface area contributed by atoms with Crippen LogP contribution in [0.3, 0.4) is 0 Å². The second kappa shape index (κ2) is 6.10. The Morgan fingerprint density at radius 1 is 1.20 bits per heavy atom. The molecule has 0 aliphatic heterocycles. The van der Waals surface area contributed by atoms with Gasteiger partial charge < -0.3 is 5.73 Å². The van der Waals surface area contributed by atoms with E-state index < -0.39 is 0 Å². The van der Waals surface area contributed by atoms with Crippen molar-refractivity contribution in [2.75, 3.05) is 0 Å². The average Bonchev–Trinajstić information content (AvgIpc) is 2.93. The van der Waals surface area contributed by atoms with Crippen molar-refractivity contribution >= 4 is 15.9 Å². The molecule has 0 saturated carbocycles. The number of hydrogen-bond donors (Lipinski definition) is 1. The molecule has 1 unspecified atom stereocenters. The zero-order valence-electron chi connectivity index (χ0n) is 12.5. The van der Waals surface area contributed by atoms with Crippen molar-refractivity contribution in [2.45, 2.75) is 53.2 Å². The topological polar surface area (TPSA) is 61.7 Å². The Balaban J connectivity index is 2.29. The Bertz CT molecular complexity index is 599. The van der Waals surface area contributed by atoms with Crippen LogP contribution in [0, 0.1) is 13.8 Å². The Kier molecular flexibility index (Phi) is 4.65. The summed E-state index contributed by atoms with van der Waals surface area (Å²) < 4.78 is 5.06. The molecule has 20 heavy (non-hydrogen) atoms. The number of nitrogens with zero attached hydrogens (tertiary/aromatic N) is 4. The van der Waals surface area contributed by atoms with Crippen LogP contribution in [0.15, 0.2) is 10.5 Å². The molecule has 2 heterocycles. The Morgan fingerprint density at radius 3 is 2.45 bits per heavy atom. The van der Waals surface area contributed by atoms with Crippen molar-refractivity contribution < 1.29 is 0 Å². The zero-order valence-corrected chi connectivity index (χ0v) is 14.1. The highest BCUT2D eigenvalue weighted by molar-refractivity contribution is 9.10. The second-order valence-electron chi connectivity index (χ2n) is 5.00. The standard InChI is InChI=1S/C14H22BrN5/c1-5-19-12(7-9(3)17-19)11(16)8-13-14(15)10(4)18-20(13)6-2/h7,11H,5-6,8,16H2,1-4H3. The minimum atomic E-state index is -0.0751. The molecule has 0 aliphatic carbocycles. The van der Waals surface area contributed by atoms with Crippen LogP contribution in [0.5, 0.6) is 0 Å². The van der Waals surface area contributed by atoms with Crippen molar-refractivity contribution in [3.63, 3.8) is 0 Å². The van der Waals surface area contributed by atoms with Gasteiger partial charge in [0.2, 0.25) is 0 Å². The van der Waals surface area contributed by atoms with Crippen LogP contribution in [0.2, 0.25) is 0 Å². The van der Waals surface area contributed by atoms with E-state index in [0.29, 0.717) is 0 Å². The molecule has 0 saturated heterocycles. The number of hydrogen-bond acceptors (Lipinski definition) is 3. The van der Waals surface area contributed by atoms with Gasteiger partial charge in [-0.25, -0.2) is 0 Å². The van der Waals surface area contributed by atoms with E-state index >= 15 is 0 Å². The van der Waals surface area contributed by atoms with E-state index in [-0.39, 0.29) is 6.04 Å². The number of aromatic nitrogens is 4. The predicted molar refractivity (Wildman–Crippen MR) is 83.6 cm³/mol. The molecule has 2 aromatic heterocycles. The molecule has 0 spiro atoms. The Hall–Kier alpha value is -1.14. The van der Waals surface area contributed by atoms with Gasteiger partial charge in [0, 0.05) is 19.5 Å². The minimum absolute atomic E-state index is 0.0751. The molecule has 5 nitrogen and oxygen atoms in total. The number of aryl methyl sites for hydroxylation is 4. The molecule has 0 fully saturated rings. The maximum absolute atomic E-state index is 6.40. The lowest BCUT2D eigenvalue weighted by Gasteiger charge is -2.14. The SMILES string of the molecule is CCn1nc(C)cc1C(N)Cc1c(Br)c(C)nn1CC. The van der Waals surface area contributed by atoms with E-state index in [1.807, 2.05) is 23.2 Å². The first kappa shape index (κ1) is 15.3. The lowest BCUT2D eigenvalue weighted by atomic mass is 10.1. The summed E-state index contributed by atoms with van der Waals surface area (Å²) in [5.41, 5.74) is 10.6. The van der Waals surface area contributed by atoms with Crippen LogP contribution in [0.25, 0.3) is 0 Å². The highest BCUT2D eigenvalue weighted by atomic mass is 79.9. The fourth-order valence-corrected chi connectivity index (χ4v) is 2.94. The van der Waals surface area contributed by atoms with Crippen molar-refractivity contribution in [1.29, 1.82) is 0 Å². The highest BCUT2D eigenvalue weighted by Gasteiger charge is 2.19. The van der Waals surface area contributed by atoms with Gasteiger partial charge in [0.1, 0.15) is 0 Å². The normalized spacial score (nSPS) is 12.9. The zero-order chi connectivity index (χ0) is 14.9. The van der Waals surface area contributed by atoms with Gasteiger partial charge in [0.05, 0.1) is 33.3 Å². The quantitative estimate of drug-likeness (QED) is 0.910. The summed E-state index contributed by atoms with van der Waals surface area (Å²) in [4.78, 5) is 0. The van der Waals surface area contributed by atoms with Crippen molar-refractivity contribution in [2.24, 2.45) is 5.73 Å². The molecular formula is C14H22BrN5. The summed E-state index contributed by atoms with van der Waals surface area (Å²) in [6.45, 7) is 9.86. The average molecular weight is 340 g/mol. The molecule has 0 amide bonds. The third kappa shape index (κ3) is 2.81. The largest absolute Gasteiger partial charge is 0.322 e. The van der Waals surface area contributed by atoms with Crippen LogP contribution in [0.4, 0.5) is 0 Å². The van der Waals surface area contributed by atoms with Gasteiger partial charge in [-0.2, -0.15) is 10.2 Å². The first-order valence-corrected chi connectivity index (χ1v) is 7.78.